The Morgan fingerprint density at radius 1 is 0.743 bits per heavy atom. The van der Waals surface area contributed by atoms with Gasteiger partial charge in [-0.25, -0.2) is 13.2 Å². The number of hydrogen-bond acceptors (Lipinski definition) is 2. The Balaban J connectivity index is 1.54. The second-order valence-corrected chi connectivity index (χ2v) is 7.86. The summed E-state index contributed by atoms with van der Waals surface area (Å²) in [6.45, 7) is 1.98. The van der Waals surface area contributed by atoms with Crippen molar-refractivity contribution in [2.75, 3.05) is 6.61 Å². The lowest BCUT2D eigenvalue weighted by Crippen LogP contribution is -2.17. The van der Waals surface area contributed by atoms with E-state index in [1.54, 1.807) is 19.1 Å². The van der Waals surface area contributed by atoms with Gasteiger partial charge in [0.05, 0.1) is 12.2 Å². The van der Waals surface area contributed by atoms with Gasteiger partial charge < -0.3 is 9.47 Å². The summed E-state index contributed by atoms with van der Waals surface area (Å²) in [6.07, 6.45) is -4.05. The fourth-order valence-electron chi connectivity index (χ4n) is 3.90. The molecule has 0 radical (unpaired) electrons. The summed E-state index contributed by atoms with van der Waals surface area (Å²) in [6, 6.07) is 15.3. The lowest BCUT2D eigenvalue weighted by atomic mass is 9.96. The van der Waals surface area contributed by atoms with E-state index in [4.69, 9.17) is 4.74 Å². The SMILES string of the molecule is CCOc1cc(F)c(-c2ccc3c(F)c(CCc4ccc(OC(F)(F)F)cc4)ccc3c2)c(F)c1. The number of aryl methyl sites for hydroxylation is 2. The quantitative estimate of drug-likeness (QED) is 0.244. The van der Waals surface area contributed by atoms with Crippen LogP contribution in [0.15, 0.2) is 66.7 Å². The van der Waals surface area contributed by atoms with Gasteiger partial charge in [0.15, 0.2) is 0 Å². The molecule has 2 nitrogen and oxygen atoms in total. The van der Waals surface area contributed by atoms with Crippen LogP contribution in [0.25, 0.3) is 21.9 Å². The molecule has 0 heterocycles. The highest BCUT2D eigenvalue weighted by atomic mass is 19.4. The maximum atomic E-state index is 15.1. The molecule has 35 heavy (non-hydrogen) atoms. The third kappa shape index (κ3) is 5.70. The molecular weight excluding hydrogens is 470 g/mol. The van der Waals surface area contributed by atoms with Gasteiger partial charge in [-0.15, -0.1) is 13.2 Å². The lowest BCUT2D eigenvalue weighted by Gasteiger charge is -2.12. The summed E-state index contributed by atoms with van der Waals surface area (Å²) in [7, 11) is 0. The van der Waals surface area contributed by atoms with E-state index in [0.717, 1.165) is 17.7 Å². The Morgan fingerprint density at radius 2 is 1.43 bits per heavy atom. The van der Waals surface area contributed by atoms with Crippen LogP contribution in [0.4, 0.5) is 26.3 Å². The van der Waals surface area contributed by atoms with Gasteiger partial charge in [-0.05, 0) is 60.0 Å². The molecule has 0 spiro atoms. The number of rotatable bonds is 7. The Kier molecular flexibility index (Phi) is 6.91. The van der Waals surface area contributed by atoms with E-state index >= 15 is 4.39 Å². The largest absolute Gasteiger partial charge is 0.573 e. The molecule has 0 fully saturated rings. The minimum atomic E-state index is -4.76. The van der Waals surface area contributed by atoms with Crippen LogP contribution in [0.1, 0.15) is 18.1 Å². The second kappa shape index (κ2) is 9.90. The van der Waals surface area contributed by atoms with Gasteiger partial charge in [0, 0.05) is 17.5 Å². The molecular formula is C27H20F6O2. The van der Waals surface area contributed by atoms with Crippen LogP contribution in [-0.2, 0) is 12.8 Å². The zero-order chi connectivity index (χ0) is 25.2. The van der Waals surface area contributed by atoms with E-state index in [1.807, 2.05) is 0 Å². The Bertz CT molecular complexity index is 1320. The third-order valence-corrected chi connectivity index (χ3v) is 5.49. The van der Waals surface area contributed by atoms with E-state index in [1.165, 1.54) is 42.5 Å². The molecule has 0 saturated heterocycles. The molecule has 0 atom stereocenters. The van der Waals surface area contributed by atoms with E-state index in [-0.39, 0.29) is 29.2 Å². The monoisotopic (exact) mass is 490 g/mol. The van der Waals surface area contributed by atoms with Crippen molar-refractivity contribution >= 4 is 10.8 Å². The number of hydrogen-bond donors (Lipinski definition) is 0. The van der Waals surface area contributed by atoms with E-state index in [9.17, 15) is 22.0 Å². The summed E-state index contributed by atoms with van der Waals surface area (Å²) in [5, 5.41) is 0.775. The number of alkyl halides is 3. The van der Waals surface area contributed by atoms with Crippen molar-refractivity contribution in [2.24, 2.45) is 0 Å². The number of fused-ring (bicyclic) bond motifs is 1. The number of ether oxygens (including phenoxy) is 2. The smallest absolute Gasteiger partial charge is 0.494 e. The summed E-state index contributed by atoms with van der Waals surface area (Å²) in [5.41, 5.74) is 1.18. The highest BCUT2D eigenvalue weighted by Crippen LogP contribution is 2.33. The molecule has 4 rings (SSSR count). The van der Waals surface area contributed by atoms with Gasteiger partial charge >= 0.3 is 6.36 Å². The van der Waals surface area contributed by atoms with Crippen LogP contribution >= 0.6 is 0 Å². The van der Waals surface area contributed by atoms with Crippen LogP contribution in [0, 0.1) is 17.5 Å². The normalized spacial score (nSPS) is 11.6. The standard InChI is InChI=1S/C27H20F6O2/c1-2-34-21-14-23(28)25(24(29)15-21)19-9-12-22-18(13-19)8-7-17(26(22)30)6-3-16-4-10-20(11-5-16)35-27(31,32)33/h4-5,7-15H,2-3,6H2,1H3. The molecule has 0 aliphatic heterocycles. The lowest BCUT2D eigenvalue weighted by molar-refractivity contribution is -0.274. The van der Waals surface area contributed by atoms with Gasteiger partial charge in [0.2, 0.25) is 0 Å². The first-order valence-corrected chi connectivity index (χ1v) is 10.8. The third-order valence-electron chi connectivity index (χ3n) is 5.49. The molecule has 0 unspecified atom stereocenters. The molecule has 182 valence electrons. The van der Waals surface area contributed by atoms with Gasteiger partial charge in [-0.1, -0.05) is 36.4 Å². The number of halogens is 6. The summed E-state index contributed by atoms with van der Waals surface area (Å²) >= 11 is 0. The molecule has 4 aromatic carbocycles. The minimum Gasteiger partial charge on any atom is -0.494 e. The van der Waals surface area contributed by atoms with E-state index in [0.29, 0.717) is 29.2 Å². The second-order valence-electron chi connectivity index (χ2n) is 7.86. The van der Waals surface area contributed by atoms with Crippen molar-refractivity contribution < 1.29 is 35.8 Å². The summed E-state index contributed by atoms with van der Waals surface area (Å²) < 4.78 is 90.1. The predicted octanol–water partition coefficient (Wildman–Crippen LogP) is 8.01. The first-order chi connectivity index (χ1) is 16.6. The zero-order valence-corrected chi connectivity index (χ0v) is 18.6. The zero-order valence-electron chi connectivity index (χ0n) is 18.6. The Morgan fingerprint density at radius 3 is 2.06 bits per heavy atom. The predicted molar refractivity (Wildman–Crippen MR) is 121 cm³/mol. The average molecular weight is 490 g/mol. The van der Waals surface area contributed by atoms with Crippen molar-refractivity contribution in [3.63, 3.8) is 0 Å². The minimum absolute atomic E-state index is 0.0882. The molecule has 0 saturated carbocycles. The fraction of sp³-hybridized carbons (Fsp3) is 0.185. The fourth-order valence-corrected chi connectivity index (χ4v) is 3.90. The van der Waals surface area contributed by atoms with Crippen molar-refractivity contribution in [3.05, 3.63) is 95.3 Å². The molecule has 0 N–H and O–H groups in total. The van der Waals surface area contributed by atoms with Crippen LogP contribution in [-0.4, -0.2) is 13.0 Å². The average Bonchev–Trinajstić information content (AvgIpc) is 2.78. The van der Waals surface area contributed by atoms with Crippen molar-refractivity contribution in [1.82, 2.24) is 0 Å². The highest BCUT2D eigenvalue weighted by Gasteiger charge is 2.30. The van der Waals surface area contributed by atoms with Gasteiger partial charge in [-0.3, -0.25) is 0 Å². The Labute approximate surface area is 197 Å². The van der Waals surface area contributed by atoms with Crippen LogP contribution < -0.4 is 9.47 Å². The maximum absolute atomic E-state index is 15.1. The molecule has 0 aliphatic carbocycles. The highest BCUT2D eigenvalue weighted by molar-refractivity contribution is 5.88. The van der Waals surface area contributed by atoms with Gasteiger partial charge in [0.1, 0.15) is 29.0 Å². The van der Waals surface area contributed by atoms with Crippen LogP contribution in [0.5, 0.6) is 11.5 Å². The molecule has 0 aliphatic rings. The molecule has 0 amide bonds. The molecule has 4 aromatic rings. The molecule has 0 aromatic heterocycles. The van der Waals surface area contributed by atoms with Gasteiger partial charge in [0.25, 0.3) is 0 Å². The van der Waals surface area contributed by atoms with Crippen molar-refractivity contribution in [1.29, 1.82) is 0 Å². The topological polar surface area (TPSA) is 18.5 Å². The maximum Gasteiger partial charge on any atom is 0.573 e. The van der Waals surface area contributed by atoms with E-state index in [2.05, 4.69) is 4.74 Å². The van der Waals surface area contributed by atoms with E-state index < -0.39 is 23.8 Å². The van der Waals surface area contributed by atoms with Crippen LogP contribution in [0.2, 0.25) is 0 Å². The van der Waals surface area contributed by atoms with Crippen LogP contribution in [0.3, 0.4) is 0 Å². The van der Waals surface area contributed by atoms with Gasteiger partial charge in [-0.2, -0.15) is 0 Å². The first kappa shape index (κ1) is 24.4. The first-order valence-electron chi connectivity index (χ1n) is 10.8. The summed E-state index contributed by atoms with van der Waals surface area (Å²) in [5.74, 6) is -2.26. The summed E-state index contributed by atoms with van der Waals surface area (Å²) in [4.78, 5) is 0. The molecule has 0 bridgehead atoms. The number of benzene rings is 4. The van der Waals surface area contributed by atoms with Crippen molar-refractivity contribution in [3.8, 4) is 22.6 Å². The molecule has 8 heteroatoms. The van der Waals surface area contributed by atoms with Crippen molar-refractivity contribution in [2.45, 2.75) is 26.1 Å². The Hall–Kier alpha value is -3.68.